The van der Waals surface area contributed by atoms with Crippen LogP contribution in [0.2, 0.25) is 0 Å². The van der Waals surface area contributed by atoms with Crippen molar-refractivity contribution >= 4 is 0 Å². The molecule has 0 aliphatic carbocycles. The summed E-state index contributed by atoms with van der Waals surface area (Å²) in [5.41, 5.74) is 2.31. The second-order valence-electron chi connectivity index (χ2n) is 6.41. The molecule has 1 aromatic heterocycles. The molecule has 0 saturated heterocycles. The number of benzene rings is 1. The lowest BCUT2D eigenvalue weighted by Gasteiger charge is -2.25. The molecule has 6 heteroatoms. The van der Waals surface area contributed by atoms with E-state index in [1.165, 1.54) is 5.56 Å². The minimum Gasteiger partial charge on any atom is -0.493 e. The van der Waals surface area contributed by atoms with Crippen LogP contribution in [-0.4, -0.2) is 63.3 Å². The summed E-state index contributed by atoms with van der Waals surface area (Å²) in [6, 6.07) is 8.09. The lowest BCUT2D eigenvalue weighted by Crippen LogP contribution is -2.31. The maximum absolute atomic E-state index is 5.48. The molecule has 2 aromatic rings. The molecular weight excluding hydrogens is 330 g/mol. The van der Waals surface area contributed by atoms with Gasteiger partial charge in [0.25, 0.3) is 0 Å². The molecule has 0 saturated carbocycles. The van der Waals surface area contributed by atoms with Crippen LogP contribution in [0.1, 0.15) is 11.1 Å². The van der Waals surface area contributed by atoms with Crippen molar-refractivity contribution < 1.29 is 14.2 Å². The van der Waals surface area contributed by atoms with Gasteiger partial charge in [-0.1, -0.05) is 6.07 Å². The van der Waals surface area contributed by atoms with Crippen molar-refractivity contribution in [3.05, 3.63) is 47.8 Å². The first kappa shape index (κ1) is 20.0. The van der Waals surface area contributed by atoms with E-state index in [0.29, 0.717) is 17.2 Å². The Kier molecular flexibility index (Phi) is 7.69. The number of rotatable bonds is 10. The molecule has 0 unspecified atom stereocenters. The number of nitrogens with zero attached hydrogens (tertiary/aromatic N) is 3. The molecule has 142 valence electrons. The fraction of sp³-hybridized carbons (Fsp3) is 0.450. The van der Waals surface area contributed by atoms with Crippen LogP contribution in [0.4, 0.5) is 0 Å². The molecule has 6 nitrogen and oxygen atoms in total. The molecule has 0 atom stereocenters. The average molecular weight is 359 g/mol. The molecule has 26 heavy (non-hydrogen) atoms. The van der Waals surface area contributed by atoms with E-state index in [1.54, 1.807) is 27.5 Å². The Bertz CT molecular complexity index is 652. The lowest BCUT2D eigenvalue weighted by molar-refractivity contribution is 0.225. The third kappa shape index (κ3) is 5.61. The van der Waals surface area contributed by atoms with Crippen molar-refractivity contribution in [1.29, 1.82) is 0 Å². The van der Waals surface area contributed by atoms with E-state index in [2.05, 4.69) is 34.9 Å². The SMILES string of the molecule is COc1cc(CN(CCN(C)C)Cc2cccnc2)cc(OC)c1OC. The van der Waals surface area contributed by atoms with Crippen LogP contribution in [0.5, 0.6) is 17.2 Å². The second-order valence-corrected chi connectivity index (χ2v) is 6.41. The van der Waals surface area contributed by atoms with Gasteiger partial charge in [-0.05, 0) is 43.4 Å². The van der Waals surface area contributed by atoms with E-state index in [1.807, 2.05) is 24.4 Å². The molecule has 1 aromatic carbocycles. The predicted octanol–water partition coefficient (Wildman–Crippen LogP) is 2.67. The van der Waals surface area contributed by atoms with E-state index in [4.69, 9.17) is 14.2 Å². The van der Waals surface area contributed by atoms with Gasteiger partial charge in [-0.2, -0.15) is 0 Å². The van der Waals surface area contributed by atoms with E-state index < -0.39 is 0 Å². The van der Waals surface area contributed by atoms with Gasteiger partial charge in [-0.15, -0.1) is 0 Å². The number of aromatic nitrogens is 1. The van der Waals surface area contributed by atoms with Gasteiger partial charge in [0.15, 0.2) is 11.5 Å². The molecule has 0 radical (unpaired) electrons. The quantitative estimate of drug-likeness (QED) is 0.650. The summed E-state index contributed by atoms with van der Waals surface area (Å²) in [5, 5.41) is 0. The highest BCUT2D eigenvalue weighted by molar-refractivity contribution is 5.53. The van der Waals surface area contributed by atoms with Gasteiger partial charge in [0.2, 0.25) is 5.75 Å². The van der Waals surface area contributed by atoms with Crippen LogP contribution in [0.25, 0.3) is 0 Å². The van der Waals surface area contributed by atoms with Crippen molar-refractivity contribution in [1.82, 2.24) is 14.8 Å². The molecule has 0 fully saturated rings. The molecule has 0 spiro atoms. The normalized spacial score (nSPS) is 11.0. The number of likely N-dealkylation sites (N-methyl/N-ethyl adjacent to an activating group) is 1. The zero-order valence-electron chi connectivity index (χ0n) is 16.4. The van der Waals surface area contributed by atoms with E-state index in [9.17, 15) is 0 Å². The van der Waals surface area contributed by atoms with Crippen molar-refractivity contribution in [2.75, 3.05) is 48.5 Å². The van der Waals surface area contributed by atoms with Gasteiger partial charge < -0.3 is 19.1 Å². The Morgan fingerprint density at radius 2 is 1.54 bits per heavy atom. The largest absolute Gasteiger partial charge is 0.493 e. The number of methoxy groups -OCH3 is 3. The standard InChI is InChI=1S/C20H29N3O3/c1-22(2)9-10-23(14-16-7-6-8-21-13-16)15-17-11-18(24-3)20(26-5)19(12-17)25-4/h6-8,11-13H,9-10,14-15H2,1-5H3. The third-order valence-electron chi connectivity index (χ3n) is 4.12. The third-order valence-corrected chi connectivity index (χ3v) is 4.12. The first-order valence-corrected chi connectivity index (χ1v) is 8.62. The van der Waals surface area contributed by atoms with E-state index in [0.717, 1.165) is 31.7 Å². The van der Waals surface area contributed by atoms with Gasteiger partial charge in [-0.25, -0.2) is 0 Å². The minimum atomic E-state index is 0.617. The van der Waals surface area contributed by atoms with Gasteiger partial charge in [0.05, 0.1) is 21.3 Å². The van der Waals surface area contributed by atoms with E-state index >= 15 is 0 Å². The highest BCUT2D eigenvalue weighted by Crippen LogP contribution is 2.38. The predicted molar refractivity (Wildman–Crippen MR) is 103 cm³/mol. The van der Waals surface area contributed by atoms with Crippen LogP contribution in [0.15, 0.2) is 36.7 Å². The van der Waals surface area contributed by atoms with Gasteiger partial charge in [0.1, 0.15) is 0 Å². The Balaban J connectivity index is 2.23. The maximum Gasteiger partial charge on any atom is 0.203 e. The van der Waals surface area contributed by atoms with Gasteiger partial charge in [0, 0.05) is 38.6 Å². The van der Waals surface area contributed by atoms with Crippen LogP contribution >= 0.6 is 0 Å². The monoisotopic (exact) mass is 359 g/mol. The van der Waals surface area contributed by atoms with Gasteiger partial charge in [-0.3, -0.25) is 9.88 Å². The number of ether oxygens (including phenoxy) is 3. The van der Waals surface area contributed by atoms with Crippen molar-refractivity contribution in [3.8, 4) is 17.2 Å². The van der Waals surface area contributed by atoms with Crippen molar-refractivity contribution in [2.24, 2.45) is 0 Å². The second kappa shape index (κ2) is 9.99. The van der Waals surface area contributed by atoms with Gasteiger partial charge >= 0.3 is 0 Å². The molecule has 0 bridgehead atoms. The zero-order valence-corrected chi connectivity index (χ0v) is 16.4. The zero-order chi connectivity index (χ0) is 18.9. The molecular formula is C20H29N3O3. The number of pyridine rings is 1. The Hall–Kier alpha value is -2.31. The van der Waals surface area contributed by atoms with Crippen LogP contribution in [0.3, 0.4) is 0 Å². The average Bonchev–Trinajstić information content (AvgIpc) is 2.66. The fourth-order valence-electron chi connectivity index (χ4n) is 2.79. The van der Waals surface area contributed by atoms with Crippen LogP contribution in [-0.2, 0) is 13.1 Å². The smallest absolute Gasteiger partial charge is 0.203 e. The maximum atomic E-state index is 5.48. The van der Waals surface area contributed by atoms with Crippen molar-refractivity contribution in [2.45, 2.75) is 13.1 Å². The molecule has 0 aliphatic rings. The Morgan fingerprint density at radius 1 is 0.885 bits per heavy atom. The topological polar surface area (TPSA) is 47.1 Å². The highest BCUT2D eigenvalue weighted by atomic mass is 16.5. The minimum absolute atomic E-state index is 0.617. The fourth-order valence-corrected chi connectivity index (χ4v) is 2.79. The molecule has 2 rings (SSSR count). The summed E-state index contributed by atoms with van der Waals surface area (Å²) in [5.74, 6) is 1.97. The Morgan fingerprint density at radius 3 is 2.04 bits per heavy atom. The summed E-state index contributed by atoms with van der Waals surface area (Å²) in [4.78, 5) is 8.80. The Labute approximate surface area is 156 Å². The molecule has 0 amide bonds. The summed E-state index contributed by atoms with van der Waals surface area (Å²) >= 11 is 0. The van der Waals surface area contributed by atoms with E-state index in [-0.39, 0.29) is 0 Å². The highest BCUT2D eigenvalue weighted by Gasteiger charge is 2.15. The molecule has 1 heterocycles. The summed E-state index contributed by atoms with van der Waals surface area (Å²) < 4.78 is 16.4. The molecule has 0 aliphatic heterocycles. The summed E-state index contributed by atoms with van der Waals surface area (Å²) in [6.07, 6.45) is 3.71. The first-order valence-electron chi connectivity index (χ1n) is 8.62. The van der Waals surface area contributed by atoms with Crippen molar-refractivity contribution in [3.63, 3.8) is 0 Å². The van der Waals surface area contributed by atoms with Crippen LogP contribution < -0.4 is 14.2 Å². The first-order chi connectivity index (χ1) is 12.6. The summed E-state index contributed by atoms with van der Waals surface area (Å²) in [6.45, 7) is 3.53. The number of hydrogen-bond acceptors (Lipinski definition) is 6. The lowest BCUT2D eigenvalue weighted by atomic mass is 10.1. The number of hydrogen-bond donors (Lipinski definition) is 0. The summed E-state index contributed by atoms with van der Waals surface area (Å²) in [7, 11) is 9.07. The van der Waals surface area contributed by atoms with Crippen LogP contribution in [0, 0.1) is 0 Å². The molecule has 0 N–H and O–H groups in total.